The Morgan fingerprint density at radius 2 is 2.13 bits per heavy atom. The Hall–Kier alpha value is -1.32. The molecule has 0 atom stereocenters. The number of hydrogen-bond acceptors (Lipinski definition) is 3. The number of methoxy groups -OCH3 is 1. The fourth-order valence-corrected chi connectivity index (χ4v) is 1.45. The van der Waals surface area contributed by atoms with Crippen LogP contribution >= 0.6 is 0 Å². The van der Waals surface area contributed by atoms with Crippen molar-refractivity contribution in [1.82, 2.24) is 9.78 Å². The van der Waals surface area contributed by atoms with Gasteiger partial charge in [0.05, 0.1) is 13.3 Å². The average Bonchev–Trinajstić information content (AvgIpc) is 2.43. The number of aromatic nitrogens is 2. The minimum absolute atomic E-state index is 0.0215. The highest BCUT2D eigenvalue weighted by Crippen LogP contribution is 2.25. The Labute approximate surface area is 90.2 Å². The van der Waals surface area contributed by atoms with Gasteiger partial charge in [-0.2, -0.15) is 5.10 Å². The molecule has 1 aromatic heterocycles. The van der Waals surface area contributed by atoms with Crippen LogP contribution in [0.3, 0.4) is 0 Å². The van der Waals surface area contributed by atoms with Crippen molar-refractivity contribution in [2.75, 3.05) is 7.11 Å². The molecule has 0 saturated heterocycles. The second kappa shape index (κ2) is 4.04. The lowest BCUT2D eigenvalue weighted by atomic mass is 9.89. The molecule has 1 aromatic rings. The molecule has 4 heteroatoms. The summed E-state index contributed by atoms with van der Waals surface area (Å²) in [7, 11) is 3.29. The van der Waals surface area contributed by atoms with Crippen molar-refractivity contribution < 1.29 is 9.53 Å². The van der Waals surface area contributed by atoms with Crippen molar-refractivity contribution in [3.8, 4) is 5.75 Å². The summed E-state index contributed by atoms with van der Waals surface area (Å²) in [5.41, 5.74) is 0.527. The van der Waals surface area contributed by atoms with Crippen LogP contribution in [0.5, 0.6) is 5.75 Å². The number of aryl methyl sites for hydroxylation is 1. The van der Waals surface area contributed by atoms with Gasteiger partial charge in [-0.15, -0.1) is 0 Å². The summed E-state index contributed by atoms with van der Waals surface area (Å²) in [6.45, 7) is 6.11. The molecule has 84 valence electrons. The molecule has 0 aliphatic heterocycles. The predicted molar refractivity (Wildman–Crippen MR) is 58.2 cm³/mol. The molecule has 0 radical (unpaired) electrons. The maximum atomic E-state index is 12.0. The number of ketones is 1. The summed E-state index contributed by atoms with van der Waals surface area (Å²) in [5.74, 6) is 0.617. The van der Waals surface area contributed by atoms with Crippen LogP contribution in [-0.4, -0.2) is 22.7 Å². The molecule has 15 heavy (non-hydrogen) atoms. The zero-order chi connectivity index (χ0) is 11.6. The topological polar surface area (TPSA) is 44.1 Å². The van der Waals surface area contributed by atoms with E-state index in [0.29, 0.717) is 17.9 Å². The van der Waals surface area contributed by atoms with Gasteiger partial charge in [-0.1, -0.05) is 20.8 Å². The standard InChI is InChI=1S/C11H18N2O2/c1-11(2,3)6-8(14)10-9(15-5)7-12-13(10)4/h7H,6H2,1-5H3. The van der Waals surface area contributed by atoms with Gasteiger partial charge in [0.1, 0.15) is 5.69 Å². The van der Waals surface area contributed by atoms with Crippen molar-refractivity contribution >= 4 is 5.78 Å². The first kappa shape index (κ1) is 11.8. The van der Waals surface area contributed by atoms with Crippen LogP contribution in [0.15, 0.2) is 6.20 Å². The summed E-state index contributed by atoms with van der Waals surface area (Å²) >= 11 is 0. The molecule has 0 aliphatic carbocycles. The first-order chi connectivity index (χ1) is 6.85. The van der Waals surface area contributed by atoms with Crippen LogP contribution in [0.1, 0.15) is 37.7 Å². The van der Waals surface area contributed by atoms with Gasteiger partial charge in [0.25, 0.3) is 0 Å². The van der Waals surface area contributed by atoms with E-state index in [1.54, 1.807) is 25.0 Å². The molecule has 1 rings (SSSR count). The molecule has 0 bridgehead atoms. The molecule has 0 amide bonds. The monoisotopic (exact) mass is 210 g/mol. The number of ether oxygens (including phenoxy) is 1. The van der Waals surface area contributed by atoms with Gasteiger partial charge in [-0.25, -0.2) is 0 Å². The van der Waals surface area contributed by atoms with Crippen molar-refractivity contribution in [2.24, 2.45) is 12.5 Å². The van der Waals surface area contributed by atoms with E-state index in [0.717, 1.165) is 0 Å². The first-order valence-corrected chi connectivity index (χ1v) is 4.94. The quantitative estimate of drug-likeness (QED) is 0.717. The van der Waals surface area contributed by atoms with Crippen molar-refractivity contribution in [3.63, 3.8) is 0 Å². The highest BCUT2D eigenvalue weighted by molar-refractivity contribution is 5.97. The van der Waals surface area contributed by atoms with Crippen LogP contribution in [-0.2, 0) is 7.05 Å². The maximum absolute atomic E-state index is 12.0. The van der Waals surface area contributed by atoms with Crippen LogP contribution < -0.4 is 4.74 Å². The Kier molecular flexibility index (Phi) is 3.17. The second-order valence-electron chi connectivity index (χ2n) is 4.85. The lowest BCUT2D eigenvalue weighted by molar-refractivity contribution is 0.0927. The summed E-state index contributed by atoms with van der Waals surface area (Å²) in [6, 6.07) is 0. The third-order valence-corrected chi connectivity index (χ3v) is 2.08. The van der Waals surface area contributed by atoms with Crippen LogP contribution in [0.25, 0.3) is 0 Å². The van der Waals surface area contributed by atoms with Gasteiger partial charge in [0.15, 0.2) is 11.5 Å². The Morgan fingerprint density at radius 3 is 2.60 bits per heavy atom. The normalized spacial score (nSPS) is 11.5. The van der Waals surface area contributed by atoms with Gasteiger partial charge in [0.2, 0.25) is 0 Å². The average molecular weight is 210 g/mol. The van der Waals surface area contributed by atoms with E-state index in [9.17, 15) is 4.79 Å². The van der Waals surface area contributed by atoms with Gasteiger partial charge in [0, 0.05) is 13.5 Å². The Balaban J connectivity index is 2.95. The summed E-state index contributed by atoms with van der Waals surface area (Å²) in [4.78, 5) is 12.0. The van der Waals surface area contributed by atoms with Crippen molar-refractivity contribution in [3.05, 3.63) is 11.9 Å². The minimum Gasteiger partial charge on any atom is -0.493 e. The third kappa shape index (κ3) is 2.81. The molecule has 0 aromatic carbocycles. The fourth-order valence-electron chi connectivity index (χ4n) is 1.45. The Bertz CT molecular complexity index is 361. The zero-order valence-corrected chi connectivity index (χ0v) is 10.00. The second-order valence-corrected chi connectivity index (χ2v) is 4.85. The van der Waals surface area contributed by atoms with E-state index in [1.165, 1.54) is 0 Å². The summed E-state index contributed by atoms with van der Waals surface area (Å²) in [6.07, 6.45) is 2.05. The van der Waals surface area contributed by atoms with E-state index in [2.05, 4.69) is 5.10 Å². The maximum Gasteiger partial charge on any atom is 0.185 e. The van der Waals surface area contributed by atoms with E-state index < -0.39 is 0 Å². The molecular weight excluding hydrogens is 192 g/mol. The molecule has 0 fully saturated rings. The highest BCUT2D eigenvalue weighted by atomic mass is 16.5. The lowest BCUT2D eigenvalue weighted by Gasteiger charge is -2.16. The number of rotatable bonds is 3. The van der Waals surface area contributed by atoms with E-state index in [4.69, 9.17) is 4.74 Å². The molecule has 1 heterocycles. The summed E-state index contributed by atoms with van der Waals surface area (Å²) in [5, 5.41) is 4.01. The van der Waals surface area contributed by atoms with Gasteiger partial charge < -0.3 is 4.74 Å². The molecule has 4 nitrogen and oxygen atoms in total. The van der Waals surface area contributed by atoms with Crippen LogP contribution in [0, 0.1) is 5.41 Å². The number of hydrogen-bond donors (Lipinski definition) is 0. The molecule has 0 spiro atoms. The number of nitrogens with zero attached hydrogens (tertiary/aromatic N) is 2. The smallest absolute Gasteiger partial charge is 0.185 e. The molecule has 0 N–H and O–H groups in total. The molecule has 0 aliphatic rings. The SMILES string of the molecule is COc1cnn(C)c1C(=O)CC(C)(C)C. The number of carbonyl (C=O) groups is 1. The fraction of sp³-hybridized carbons (Fsp3) is 0.636. The van der Waals surface area contributed by atoms with Crippen LogP contribution in [0.4, 0.5) is 0 Å². The largest absolute Gasteiger partial charge is 0.493 e. The zero-order valence-electron chi connectivity index (χ0n) is 10.00. The van der Waals surface area contributed by atoms with Gasteiger partial charge in [-0.05, 0) is 5.41 Å². The number of Topliss-reactive ketones (excluding diaryl/α,β-unsaturated/α-hetero) is 1. The number of carbonyl (C=O) groups excluding carboxylic acids is 1. The molecule has 0 unspecified atom stereocenters. The lowest BCUT2D eigenvalue weighted by Crippen LogP contribution is -2.16. The minimum atomic E-state index is -0.0215. The molecular formula is C11H18N2O2. The third-order valence-electron chi connectivity index (χ3n) is 2.08. The van der Waals surface area contributed by atoms with Crippen LogP contribution in [0.2, 0.25) is 0 Å². The van der Waals surface area contributed by atoms with E-state index in [-0.39, 0.29) is 11.2 Å². The Morgan fingerprint density at radius 1 is 1.53 bits per heavy atom. The predicted octanol–water partition coefficient (Wildman–Crippen LogP) is 2.05. The van der Waals surface area contributed by atoms with E-state index >= 15 is 0 Å². The van der Waals surface area contributed by atoms with Gasteiger partial charge in [-0.3, -0.25) is 9.48 Å². The van der Waals surface area contributed by atoms with Gasteiger partial charge >= 0.3 is 0 Å². The van der Waals surface area contributed by atoms with Crippen molar-refractivity contribution in [1.29, 1.82) is 0 Å². The highest BCUT2D eigenvalue weighted by Gasteiger charge is 2.23. The summed E-state index contributed by atoms with van der Waals surface area (Å²) < 4.78 is 6.66. The van der Waals surface area contributed by atoms with Crippen molar-refractivity contribution in [2.45, 2.75) is 27.2 Å². The first-order valence-electron chi connectivity index (χ1n) is 4.94. The van der Waals surface area contributed by atoms with E-state index in [1.807, 2.05) is 20.8 Å². The molecule has 0 saturated carbocycles.